The van der Waals surface area contributed by atoms with Gasteiger partial charge in [0.15, 0.2) is 0 Å². The van der Waals surface area contributed by atoms with Crippen LogP contribution in [0.2, 0.25) is 0 Å². The highest BCUT2D eigenvalue weighted by atomic mass is 16.8. The van der Waals surface area contributed by atoms with Gasteiger partial charge in [0, 0.05) is 31.1 Å². The van der Waals surface area contributed by atoms with Gasteiger partial charge in [0.2, 0.25) is 23.2 Å². The molecule has 0 amide bonds. The molecule has 0 unspecified atom stereocenters. The second-order valence-electron chi connectivity index (χ2n) is 6.11. The number of hydrogen-bond donors (Lipinski definition) is 1. The maximum Gasteiger partial charge on any atom is 0.263 e. The summed E-state index contributed by atoms with van der Waals surface area (Å²) in [6, 6.07) is 0. The highest BCUT2D eigenvalue weighted by Gasteiger charge is 2.65. The summed E-state index contributed by atoms with van der Waals surface area (Å²) in [6.07, 6.45) is 0.203. The highest BCUT2D eigenvalue weighted by molar-refractivity contribution is 5.92. The molecule has 0 spiro atoms. The molecular weight excluding hydrogens is 292 g/mol. The summed E-state index contributed by atoms with van der Waals surface area (Å²) in [4.78, 5) is 2.35. The normalized spacial score (nSPS) is 35.5. The van der Waals surface area contributed by atoms with Crippen LogP contribution in [0.1, 0.15) is 24.7 Å². The summed E-state index contributed by atoms with van der Waals surface area (Å²) in [5.41, 5.74) is -0.655. The van der Waals surface area contributed by atoms with E-state index >= 15 is 0 Å². The van der Waals surface area contributed by atoms with Gasteiger partial charge in [0.05, 0.1) is 19.1 Å². The number of ether oxygens (including phenoxy) is 1. The Hall–Kier alpha value is -1.71. The molecule has 1 aliphatic carbocycles. The predicted molar refractivity (Wildman–Crippen MR) is 71.7 cm³/mol. The van der Waals surface area contributed by atoms with Crippen molar-refractivity contribution in [2.24, 2.45) is 5.92 Å². The zero-order valence-electron chi connectivity index (χ0n) is 12.3. The Balaban J connectivity index is 1.78. The van der Waals surface area contributed by atoms with Gasteiger partial charge in [-0.15, -0.1) is 0 Å². The fraction of sp³-hybridized carbons (Fsp3) is 0.769. The van der Waals surface area contributed by atoms with Gasteiger partial charge in [-0.2, -0.15) is 4.74 Å². The molecular formula is C13H18N4O5. The van der Waals surface area contributed by atoms with Crippen molar-refractivity contribution in [1.29, 1.82) is 0 Å². The molecule has 1 aromatic rings. The first-order valence-corrected chi connectivity index (χ1v) is 7.51. The SMILES string of the molecule is C[C@@H]1[C@H](N2CCOCC2)[N+]([O-])=C2CCc3c(no[n+]3[O-])[C@]21O. The zero-order valence-corrected chi connectivity index (χ0v) is 12.3. The van der Waals surface area contributed by atoms with Crippen LogP contribution in [0.25, 0.3) is 0 Å². The van der Waals surface area contributed by atoms with Crippen LogP contribution in [-0.4, -0.2) is 58.1 Å². The number of hydrogen-bond acceptors (Lipinski definition) is 7. The average molecular weight is 310 g/mol. The lowest BCUT2D eigenvalue weighted by Crippen LogP contribution is -2.51. The maximum atomic E-state index is 12.8. The van der Waals surface area contributed by atoms with Gasteiger partial charge in [-0.3, -0.25) is 4.63 Å². The predicted octanol–water partition coefficient (Wildman–Crippen LogP) is -1.30. The minimum absolute atomic E-state index is 0.188. The number of rotatable bonds is 1. The minimum atomic E-state index is -1.53. The van der Waals surface area contributed by atoms with Crippen molar-refractivity contribution in [3.05, 3.63) is 21.8 Å². The van der Waals surface area contributed by atoms with Crippen molar-refractivity contribution in [2.75, 3.05) is 26.3 Å². The van der Waals surface area contributed by atoms with Gasteiger partial charge >= 0.3 is 0 Å². The summed E-state index contributed by atoms with van der Waals surface area (Å²) in [6.45, 7) is 4.24. The van der Waals surface area contributed by atoms with Gasteiger partial charge in [0.25, 0.3) is 5.69 Å². The standard InChI is InChI=1S/C13H18N4O5/c1-8-12(15-4-6-21-7-5-15)16(19)10-3-2-9-11(13(8,10)18)14-22-17(9)20/h8,12,18H,2-7H2,1H3/t8-,12-,13-/m1/s1. The van der Waals surface area contributed by atoms with E-state index in [1.807, 2.05) is 11.8 Å². The molecule has 3 aliphatic rings. The second-order valence-corrected chi connectivity index (χ2v) is 6.11. The third-order valence-electron chi connectivity index (χ3n) is 5.13. The molecule has 9 nitrogen and oxygen atoms in total. The van der Waals surface area contributed by atoms with Crippen LogP contribution in [0.5, 0.6) is 0 Å². The molecule has 0 bridgehead atoms. The summed E-state index contributed by atoms with van der Waals surface area (Å²) in [5, 5.41) is 39.3. The molecule has 0 aromatic carbocycles. The Morgan fingerprint density at radius 3 is 2.77 bits per heavy atom. The molecule has 1 fully saturated rings. The van der Waals surface area contributed by atoms with Crippen molar-refractivity contribution >= 4 is 5.71 Å². The van der Waals surface area contributed by atoms with Crippen molar-refractivity contribution in [3.8, 4) is 0 Å². The van der Waals surface area contributed by atoms with E-state index in [1.165, 1.54) is 0 Å². The van der Waals surface area contributed by atoms with Crippen LogP contribution in [0, 0.1) is 16.3 Å². The average Bonchev–Trinajstić information content (AvgIpc) is 2.99. The Kier molecular flexibility index (Phi) is 2.94. The quantitative estimate of drug-likeness (QED) is 0.507. The molecule has 120 valence electrons. The van der Waals surface area contributed by atoms with E-state index < -0.39 is 17.7 Å². The Morgan fingerprint density at radius 2 is 2.05 bits per heavy atom. The summed E-state index contributed by atoms with van der Waals surface area (Å²) in [5.74, 6) is -0.415. The Bertz CT molecular complexity index is 638. The fourth-order valence-corrected chi connectivity index (χ4v) is 3.97. The lowest BCUT2D eigenvalue weighted by Gasteiger charge is -2.33. The molecule has 0 saturated carbocycles. The summed E-state index contributed by atoms with van der Waals surface area (Å²) < 4.78 is 10.9. The largest absolute Gasteiger partial charge is 0.623 e. The smallest absolute Gasteiger partial charge is 0.263 e. The number of hydroxylamine groups is 1. The van der Waals surface area contributed by atoms with E-state index in [9.17, 15) is 15.5 Å². The van der Waals surface area contributed by atoms with Gasteiger partial charge in [-0.25, -0.2) is 4.90 Å². The minimum Gasteiger partial charge on any atom is -0.623 e. The summed E-state index contributed by atoms with van der Waals surface area (Å²) >= 11 is 0. The van der Waals surface area contributed by atoms with E-state index in [-0.39, 0.29) is 5.69 Å². The first-order valence-electron chi connectivity index (χ1n) is 7.51. The van der Waals surface area contributed by atoms with Crippen molar-refractivity contribution in [2.45, 2.75) is 31.5 Å². The molecule has 1 aromatic heterocycles. The molecule has 4 rings (SSSR count). The van der Waals surface area contributed by atoms with Crippen LogP contribution in [0.4, 0.5) is 0 Å². The third-order valence-corrected chi connectivity index (χ3v) is 5.13. The zero-order chi connectivity index (χ0) is 15.5. The van der Waals surface area contributed by atoms with Crippen LogP contribution >= 0.6 is 0 Å². The number of nitrogens with zero attached hydrogens (tertiary/aromatic N) is 4. The molecule has 22 heavy (non-hydrogen) atoms. The van der Waals surface area contributed by atoms with E-state index in [4.69, 9.17) is 4.74 Å². The monoisotopic (exact) mass is 310 g/mol. The number of morpholine rings is 1. The van der Waals surface area contributed by atoms with Crippen LogP contribution < -0.4 is 4.90 Å². The van der Waals surface area contributed by atoms with Crippen LogP contribution in [-0.2, 0) is 16.8 Å². The van der Waals surface area contributed by atoms with Gasteiger partial charge in [-0.05, 0) is 4.90 Å². The van der Waals surface area contributed by atoms with Crippen LogP contribution in [0.3, 0.4) is 0 Å². The van der Waals surface area contributed by atoms with Crippen molar-refractivity contribution in [1.82, 2.24) is 10.1 Å². The Labute approximate surface area is 126 Å². The molecule has 1 N–H and O–H groups in total. The van der Waals surface area contributed by atoms with E-state index in [1.54, 1.807) is 0 Å². The van der Waals surface area contributed by atoms with E-state index in [2.05, 4.69) is 9.79 Å². The maximum absolute atomic E-state index is 12.8. The van der Waals surface area contributed by atoms with Gasteiger partial charge < -0.3 is 20.3 Å². The highest BCUT2D eigenvalue weighted by Crippen LogP contribution is 2.44. The second kappa shape index (κ2) is 4.64. The van der Waals surface area contributed by atoms with E-state index in [0.29, 0.717) is 55.5 Å². The number of aliphatic hydroxyl groups is 1. The molecule has 9 heteroatoms. The number of aromatic nitrogens is 2. The van der Waals surface area contributed by atoms with Crippen molar-refractivity contribution in [3.63, 3.8) is 0 Å². The lowest BCUT2D eigenvalue weighted by molar-refractivity contribution is -0.808. The lowest BCUT2D eigenvalue weighted by atomic mass is 9.76. The first-order chi connectivity index (χ1) is 10.5. The molecule has 1 saturated heterocycles. The molecule has 0 radical (unpaired) electrons. The van der Waals surface area contributed by atoms with Gasteiger partial charge in [0.1, 0.15) is 0 Å². The van der Waals surface area contributed by atoms with Crippen LogP contribution in [0.15, 0.2) is 4.63 Å². The topological polar surface area (TPSA) is 112 Å². The fourth-order valence-electron chi connectivity index (χ4n) is 3.97. The molecule has 3 atom stereocenters. The summed E-state index contributed by atoms with van der Waals surface area (Å²) in [7, 11) is 0. The first kappa shape index (κ1) is 13.9. The number of fused-ring (bicyclic) bond motifs is 3. The Morgan fingerprint density at radius 1 is 1.32 bits per heavy atom. The van der Waals surface area contributed by atoms with Gasteiger partial charge in [-0.1, -0.05) is 6.92 Å². The molecule has 3 heterocycles. The van der Waals surface area contributed by atoms with E-state index in [0.717, 1.165) is 4.74 Å². The van der Waals surface area contributed by atoms with Crippen molar-refractivity contribution < 1.29 is 24.1 Å². The third kappa shape index (κ3) is 1.61. The molecule has 2 aliphatic heterocycles.